The van der Waals surface area contributed by atoms with Crippen LogP contribution in [0.1, 0.15) is 26.6 Å². The molecule has 0 radical (unpaired) electrons. The third-order valence-electron chi connectivity index (χ3n) is 5.47. The number of thiazole rings is 1. The lowest BCUT2D eigenvalue weighted by atomic mass is 10.1. The molecule has 35 heavy (non-hydrogen) atoms. The van der Waals surface area contributed by atoms with Crippen LogP contribution in [0.4, 0.5) is 0 Å². The topological polar surface area (TPSA) is 66.9 Å². The molecule has 0 saturated carbocycles. The number of nitrogens with zero attached hydrogens (tertiary/aromatic N) is 3. The van der Waals surface area contributed by atoms with Gasteiger partial charge in [-0.05, 0) is 55.9 Å². The molecule has 0 atom stereocenters. The monoisotopic (exact) mass is 516 g/mol. The van der Waals surface area contributed by atoms with Crippen molar-refractivity contribution in [3.05, 3.63) is 74.7 Å². The molecule has 188 valence electrons. The maximum Gasteiger partial charge on any atom is 0.270 e. The molecular formula is C26H33ClN4O3S. The van der Waals surface area contributed by atoms with E-state index in [1.165, 1.54) is 16.9 Å². The molecule has 0 aliphatic heterocycles. The Morgan fingerprint density at radius 3 is 2.40 bits per heavy atom. The lowest BCUT2D eigenvalue weighted by molar-refractivity contribution is 0.0946. The summed E-state index contributed by atoms with van der Waals surface area (Å²) in [6.07, 6.45) is 0.831. The number of aromatic nitrogens is 1. The molecule has 0 spiro atoms. The number of ether oxygens (including phenoxy) is 2. The van der Waals surface area contributed by atoms with Crippen molar-refractivity contribution in [3.63, 3.8) is 0 Å². The minimum absolute atomic E-state index is 0.135. The molecule has 9 heteroatoms. The maximum atomic E-state index is 12.4. The Labute approximate surface area is 216 Å². The number of methoxy groups -OCH3 is 2. The Morgan fingerprint density at radius 2 is 1.71 bits per heavy atom. The summed E-state index contributed by atoms with van der Waals surface area (Å²) in [5.41, 5.74) is 2.79. The summed E-state index contributed by atoms with van der Waals surface area (Å²) in [6.45, 7) is 3.57. The van der Waals surface area contributed by atoms with Crippen molar-refractivity contribution in [1.29, 1.82) is 0 Å². The van der Waals surface area contributed by atoms with Gasteiger partial charge in [0.2, 0.25) is 0 Å². The second-order valence-electron chi connectivity index (χ2n) is 8.46. The fourth-order valence-corrected chi connectivity index (χ4v) is 4.49. The number of carbonyl (C=O) groups excluding carboxylic acids is 1. The van der Waals surface area contributed by atoms with E-state index in [9.17, 15) is 4.79 Å². The molecule has 0 bridgehead atoms. The van der Waals surface area contributed by atoms with Gasteiger partial charge in [0.1, 0.15) is 10.7 Å². The molecule has 1 heterocycles. The quantitative estimate of drug-likeness (QED) is 0.364. The van der Waals surface area contributed by atoms with E-state index >= 15 is 0 Å². The zero-order chi connectivity index (χ0) is 25.2. The summed E-state index contributed by atoms with van der Waals surface area (Å²) in [7, 11) is 7.23. The van der Waals surface area contributed by atoms with Crippen molar-refractivity contribution < 1.29 is 14.3 Å². The van der Waals surface area contributed by atoms with Gasteiger partial charge in [-0.15, -0.1) is 11.3 Å². The standard InChI is InChI=1S/C26H33ClN4O3S/c1-30(2)14-12-28-26(32)22-18-35-25(29-22)17-31(16-20-5-8-21(27)9-6-20)13-11-19-7-10-23(33-3)24(15-19)34-4/h5-10,15,18H,11-14,16-17H2,1-4H3,(H,28,32). The summed E-state index contributed by atoms with van der Waals surface area (Å²) in [5.74, 6) is 1.30. The molecule has 1 amide bonds. The Hall–Kier alpha value is -2.65. The van der Waals surface area contributed by atoms with E-state index in [-0.39, 0.29) is 5.91 Å². The molecule has 0 fully saturated rings. The lowest BCUT2D eigenvalue weighted by Crippen LogP contribution is -2.31. The predicted molar refractivity (Wildman–Crippen MR) is 142 cm³/mol. The molecule has 3 aromatic rings. The summed E-state index contributed by atoms with van der Waals surface area (Å²) in [4.78, 5) is 21.4. The van der Waals surface area contributed by atoms with Crippen LogP contribution in [0.3, 0.4) is 0 Å². The van der Waals surface area contributed by atoms with Gasteiger partial charge in [-0.1, -0.05) is 29.8 Å². The molecule has 0 aliphatic carbocycles. The number of rotatable bonds is 13. The Kier molecular flexibility index (Phi) is 10.3. The van der Waals surface area contributed by atoms with Crippen LogP contribution >= 0.6 is 22.9 Å². The second kappa shape index (κ2) is 13.4. The number of hydrogen-bond acceptors (Lipinski definition) is 7. The van der Waals surface area contributed by atoms with Gasteiger partial charge in [-0.25, -0.2) is 4.98 Å². The van der Waals surface area contributed by atoms with Crippen molar-refractivity contribution in [3.8, 4) is 11.5 Å². The highest BCUT2D eigenvalue weighted by atomic mass is 35.5. The minimum Gasteiger partial charge on any atom is -0.493 e. The van der Waals surface area contributed by atoms with Gasteiger partial charge in [-0.2, -0.15) is 0 Å². The first kappa shape index (κ1) is 26.9. The maximum absolute atomic E-state index is 12.4. The zero-order valence-electron chi connectivity index (χ0n) is 20.7. The lowest BCUT2D eigenvalue weighted by Gasteiger charge is -2.22. The van der Waals surface area contributed by atoms with E-state index in [4.69, 9.17) is 21.1 Å². The summed E-state index contributed by atoms with van der Waals surface area (Å²) < 4.78 is 10.8. The highest BCUT2D eigenvalue weighted by Crippen LogP contribution is 2.28. The molecule has 0 saturated heterocycles. The fraction of sp³-hybridized carbons (Fsp3) is 0.385. The molecule has 7 nitrogen and oxygen atoms in total. The largest absolute Gasteiger partial charge is 0.493 e. The van der Waals surface area contributed by atoms with Crippen LogP contribution in [-0.2, 0) is 19.5 Å². The highest BCUT2D eigenvalue weighted by Gasteiger charge is 2.15. The van der Waals surface area contributed by atoms with Gasteiger partial charge >= 0.3 is 0 Å². The van der Waals surface area contributed by atoms with E-state index in [2.05, 4.69) is 21.3 Å². The van der Waals surface area contributed by atoms with Crippen molar-refractivity contribution >= 4 is 28.8 Å². The zero-order valence-corrected chi connectivity index (χ0v) is 22.3. The Morgan fingerprint density at radius 1 is 1.00 bits per heavy atom. The molecule has 3 rings (SSSR count). The average Bonchev–Trinajstić information content (AvgIpc) is 3.32. The Balaban J connectivity index is 1.68. The van der Waals surface area contributed by atoms with Crippen LogP contribution in [0.25, 0.3) is 0 Å². The first-order valence-corrected chi connectivity index (χ1v) is 12.7. The van der Waals surface area contributed by atoms with Crippen molar-refractivity contribution in [2.24, 2.45) is 0 Å². The molecule has 2 aromatic carbocycles. The molecule has 1 aromatic heterocycles. The minimum atomic E-state index is -0.135. The summed E-state index contributed by atoms with van der Waals surface area (Å²) in [6, 6.07) is 13.9. The van der Waals surface area contributed by atoms with E-state index < -0.39 is 0 Å². The van der Waals surface area contributed by atoms with E-state index in [0.717, 1.165) is 47.4 Å². The predicted octanol–water partition coefficient (Wildman–Crippen LogP) is 4.35. The van der Waals surface area contributed by atoms with Crippen LogP contribution in [0, 0.1) is 0 Å². The molecule has 0 unspecified atom stereocenters. The second-order valence-corrected chi connectivity index (χ2v) is 9.84. The fourth-order valence-electron chi connectivity index (χ4n) is 3.55. The Bertz CT molecular complexity index is 1090. The van der Waals surface area contributed by atoms with Crippen LogP contribution < -0.4 is 14.8 Å². The van der Waals surface area contributed by atoms with Gasteiger partial charge in [-0.3, -0.25) is 9.69 Å². The third kappa shape index (κ3) is 8.50. The number of hydrogen-bond donors (Lipinski definition) is 1. The molecule has 0 aliphatic rings. The summed E-state index contributed by atoms with van der Waals surface area (Å²) in [5, 5.41) is 6.38. The van der Waals surface area contributed by atoms with Crippen molar-refractivity contribution in [2.75, 3.05) is 47.9 Å². The van der Waals surface area contributed by atoms with Gasteiger partial charge in [0.15, 0.2) is 11.5 Å². The van der Waals surface area contributed by atoms with E-state index in [1.807, 2.05) is 60.8 Å². The van der Waals surface area contributed by atoms with Crippen LogP contribution in [0.2, 0.25) is 5.02 Å². The number of likely N-dealkylation sites (N-methyl/N-ethyl adjacent to an activating group) is 1. The van der Waals surface area contributed by atoms with Gasteiger partial charge in [0.05, 0.1) is 20.8 Å². The number of halogens is 1. The number of carbonyl (C=O) groups is 1. The highest BCUT2D eigenvalue weighted by molar-refractivity contribution is 7.09. The van der Waals surface area contributed by atoms with E-state index in [1.54, 1.807) is 14.2 Å². The average molecular weight is 517 g/mol. The third-order valence-corrected chi connectivity index (χ3v) is 6.56. The van der Waals surface area contributed by atoms with Crippen LogP contribution in [0.15, 0.2) is 47.8 Å². The summed E-state index contributed by atoms with van der Waals surface area (Å²) >= 11 is 7.58. The number of nitrogens with one attached hydrogen (secondary N) is 1. The van der Waals surface area contributed by atoms with Crippen LogP contribution in [-0.4, -0.2) is 68.6 Å². The van der Waals surface area contributed by atoms with Gasteiger partial charge < -0.3 is 19.7 Å². The number of benzene rings is 2. The van der Waals surface area contributed by atoms with Crippen molar-refractivity contribution in [2.45, 2.75) is 19.5 Å². The molecular weight excluding hydrogens is 484 g/mol. The van der Waals surface area contributed by atoms with E-state index in [0.29, 0.717) is 24.5 Å². The normalized spacial score (nSPS) is 11.2. The van der Waals surface area contributed by atoms with Gasteiger partial charge in [0, 0.05) is 36.6 Å². The van der Waals surface area contributed by atoms with Crippen LogP contribution in [0.5, 0.6) is 11.5 Å². The van der Waals surface area contributed by atoms with Crippen molar-refractivity contribution in [1.82, 2.24) is 20.1 Å². The SMILES string of the molecule is COc1ccc(CCN(Cc2ccc(Cl)cc2)Cc2nc(C(=O)NCCN(C)C)cs2)cc1OC. The first-order valence-electron chi connectivity index (χ1n) is 11.4. The van der Waals surface area contributed by atoms with Gasteiger partial charge in [0.25, 0.3) is 5.91 Å². The molecule has 1 N–H and O–H groups in total. The first-order chi connectivity index (χ1) is 16.9. The number of amides is 1. The smallest absolute Gasteiger partial charge is 0.270 e.